The van der Waals surface area contributed by atoms with Crippen molar-refractivity contribution in [2.24, 2.45) is 5.73 Å². The molecule has 0 atom stereocenters. The van der Waals surface area contributed by atoms with Crippen molar-refractivity contribution in [3.05, 3.63) is 33.6 Å². The summed E-state index contributed by atoms with van der Waals surface area (Å²) in [6, 6.07) is 1.39. The Morgan fingerprint density at radius 1 is 1.71 bits per heavy atom. The fourth-order valence-electron chi connectivity index (χ4n) is 0.928. The summed E-state index contributed by atoms with van der Waals surface area (Å²) in [6.45, 7) is 1.81. The van der Waals surface area contributed by atoms with Gasteiger partial charge in [0.2, 0.25) is 0 Å². The molecule has 0 amide bonds. The number of pyridine rings is 1. The first-order valence-electron chi connectivity index (χ1n) is 3.95. The number of nitrogens with two attached hydrogens (primary N) is 1. The Kier molecular flexibility index (Phi) is 3.15. The van der Waals surface area contributed by atoms with Crippen LogP contribution >= 0.6 is 0 Å². The van der Waals surface area contributed by atoms with E-state index in [2.05, 4.69) is 16.8 Å². The highest BCUT2D eigenvalue weighted by Gasteiger charge is 2.11. The molecule has 0 unspecified atom stereocenters. The van der Waals surface area contributed by atoms with Gasteiger partial charge in [0.1, 0.15) is 5.69 Å². The average Bonchev–Trinajstić information content (AvgIpc) is 2.16. The highest BCUT2D eigenvalue weighted by atomic mass is 16.6. The molecule has 0 bridgehead atoms. The van der Waals surface area contributed by atoms with Crippen molar-refractivity contribution in [2.45, 2.75) is 6.92 Å². The molecular formula is C9H9N3O2. The van der Waals surface area contributed by atoms with Crippen LogP contribution in [0.25, 0.3) is 0 Å². The molecule has 0 fully saturated rings. The second kappa shape index (κ2) is 4.35. The lowest BCUT2D eigenvalue weighted by Crippen LogP contribution is -1.96. The van der Waals surface area contributed by atoms with Gasteiger partial charge in [-0.2, -0.15) is 0 Å². The molecule has 5 nitrogen and oxygen atoms in total. The molecule has 0 aliphatic carbocycles. The van der Waals surface area contributed by atoms with E-state index >= 15 is 0 Å². The molecule has 2 N–H and O–H groups in total. The van der Waals surface area contributed by atoms with E-state index in [-0.39, 0.29) is 12.2 Å². The molecule has 72 valence electrons. The van der Waals surface area contributed by atoms with Gasteiger partial charge in [0.25, 0.3) is 5.69 Å². The first-order chi connectivity index (χ1) is 6.65. The van der Waals surface area contributed by atoms with Crippen LogP contribution in [0.1, 0.15) is 11.3 Å². The number of nitrogens with zero attached hydrogens (tertiary/aromatic N) is 2. The summed E-state index contributed by atoms with van der Waals surface area (Å²) in [5.74, 6) is 5.29. The van der Waals surface area contributed by atoms with Crippen molar-refractivity contribution in [3.63, 3.8) is 0 Å². The van der Waals surface area contributed by atoms with Crippen LogP contribution in [0.2, 0.25) is 0 Å². The predicted octanol–water partition coefficient (Wildman–Crippen LogP) is 0.608. The van der Waals surface area contributed by atoms with Crippen LogP contribution in [0, 0.1) is 28.9 Å². The van der Waals surface area contributed by atoms with Crippen LogP contribution in [-0.4, -0.2) is 16.5 Å². The standard InChI is InChI=1S/C9H9N3O2/c1-7-9(12(13)14)5-8(6-11-7)3-2-4-10/h5-6H,4,10H2,1H3. The normalized spacial score (nSPS) is 9.00. The summed E-state index contributed by atoms with van der Waals surface area (Å²) in [7, 11) is 0. The van der Waals surface area contributed by atoms with Crippen LogP contribution < -0.4 is 5.73 Å². The molecule has 0 aromatic carbocycles. The van der Waals surface area contributed by atoms with Crippen LogP contribution in [0.3, 0.4) is 0 Å². The summed E-state index contributed by atoms with van der Waals surface area (Å²) in [4.78, 5) is 13.9. The van der Waals surface area contributed by atoms with Gasteiger partial charge in [-0.15, -0.1) is 0 Å². The predicted molar refractivity (Wildman–Crippen MR) is 51.6 cm³/mol. The highest BCUT2D eigenvalue weighted by molar-refractivity contribution is 5.44. The van der Waals surface area contributed by atoms with Gasteiger partial charge in [-0.25, -0.2) is 0 Å². The number of aryl methyl sites for hydroxylation is 1. The fraction of sp³-hybridized carbons (Fsp3) is 0.222. The Labute approximate surface area is 81.1 Å². The van der Waals surface area contributed by atoms with Crippen molar-refractivity contribution in [3.8, 4) is 11.8 Å². The lowest BCUT2D eigenvalue weighted by atomic mass is 10.2. The zero-order chi connectivity index (χ0) is 10.6. The zero-order valence-corrected chi connectivity index (χ0v) is 7.65. The summed E-state index contributed by atoms with van der Waals surface area (Å²) in [5.41, 5.74) is 6.05. The van der Waals surface area contributed by atoms with E-state index in [9.17, 15) is 10.1 Å². The molecule has 14 heavy (non-hydrogen) atoms. The van der Waals surface area contributed by atoms with Gasteiger partial charge >= 0.3 is 0 Å². The van der Waals surface area contributed by atoms with Crippen LogP contribution in [0.5, 0.6) is 0 Å². The van der Waals surface area contributed by atoms with Crippen molar-refractivity contribution in [1.29, 1.82) is 0 Å². The summed E-state index contributed by atoms with van der Waals surface area (Å²) in [5, 5.41) is 10.5. The second-order valence-electron chi connectivity index (χ2n) is 2.59. The molecule has 5 heteroatoms. The summed E-state index contributed by atoms with van der Waals surface area (Å²) in [6.07, 6.45) is 1.49. The van der Waals surface area contributed by atoms with Crippen molar-refractivity contribution in [1.82, 2.24) is 4.98 Å². The quantitative estimate of drug-likeness (QED) is 0.400. The van der Waals surface area contributed by atoms with Gasteiger partial charge in [-0.1, -0.05) is 11.8 Å². The largest absolute Gasteiger partial charge is 0.320 e. The Morgan fingerprint density at radius 3 is 3.00 bits per heavy atom. The van der Waals surface area contributed by atoms with E-state index in [0.717, 1.165) is 0 Å². The Balaban J connectivity index is 3.13. The molecule has 1 rings (SSSR count). The van der Waals surface area contributed by atoms with Crippen LogP contribution in [0.15, 0.2) is 12.3 Å². The van der Waals surface area contributed by atoms with Gasteiger partial charge < -0.3 is 5.73 Å². The molecule has 0 aliphatic rings. The third kappa shape index (κ3) is 2.28. The number of aromatic nitrogens is 1. The van der Waals surface area contributed by atoms with E-state index in [4.69, 9.17) is 5.73 Å². The maximum absolute atomic E-state index is 10.5. The van der Waals surface area contributed by atoms with Gasteiger partial charge in [0.15, 0.2) is 0 Å². The van der Waals surface area contributed by atoms with E-state index in [0.29, 0.717) is 11.3 Å². The highest BCUT2D eigenvalue weighted by Crippen LogP contribution is 2.15. The first kappa shape index (κ1) is 10.2. The van der Waals surface area contributed by atoms with E-state index in [1.54, 1.807) is 6.92 Å². The van der Waals surface area contributed by atoms with Gasteiger partial charge in [0, 0.05) is 17.8 Å². The molecule has 0 radical (unpaired) electrons. The second-order valence-corrected chi connectivity index (χ2v) is 2.59. The van der Waals surface area contributed by atoms with Gasteiger partial charge in [-0.3, -0.25) is 15.1 Å². The molecule has 1 aromatic rings. The smallest absolute Gasteiger partial charge is 0.291 e. The Bertz CT molecular complexity index is 418. The Morgan fingerprint density at radius 2 is 2.43 bits per heavy atom. The lowest BCUT2D eigenvalue weighted by molar-refractivity contribution is -0.385. The number of rotatable bonds is 1. The monoisotopic (exact) mass is 191 g/mol. The molecule has 0 spiro atoms. The molecule has 0 saturated carbocycles. The van der Waals surface area contributed by atoms with Crippen LogP contribution in [-0.2, 0) is 0 Å². The van der Waals surface area contributed by atoms with Crippen molar-refractivity contribution < 1.29 is 4.92 Å². The molecule has 1 aromatic heterocycles. The minimum atomic E-state index is -0.476. The first-order valence-corrected chi connectivity index (χ1v) is 3.95. The van der Waals surface area contributed by atoms with E-state index in [1.807, 2.05) is 0 Å². The van der Waals surface area contributed by atoms with Gasteiger partial charge in [0.05, 0.1) is 11.5 Å². The Hall–Kier alpha value is -1.93. The number of nitro groups is 1. The topological polar surface area (TPSA) is 82.0 Å². The average molecular weight is 191 g/mol. The maximum atomic E-state index is 10.5. The van der Waals surface area contributed by atoms with Crippen LogP contribution in [0.4, 0.5) is 5.69 Å². The molecular weight excluding hydrogens is 182 g/mol. The van der Waals surface area contributed by atoms with E-state index in [1.165, 1.54) is 12.3 Å². The minimum absolute atomic E-state index is 0.0196. The summed E-state index contributed by atoms with van der Waals surface area (Å²) >= 11 is 0. The molecule has 0 aliphatic heterocycles. The van der Waals surface area contributed by atoms with E-state index < -0.39 is 4.92 Å². The van der Waals surface area contributed by atoms with Crippen molar-refractivity contribution in [2.75, 3.05) is 6.54 Å². The van der Waals surface area contributed by atoms with Crippen molar-refractivity contribution >= 4 is 5.69 Å². The minimum Gasteiger partial charge on any atom is -0.320 e. The zero-order valence-electron chi connectivity index (χ0n) is 7.65. The third-order valence-corrected chi connectivity index (χ3v) is 1.59. The number of hydrogen-bond acceptors (Lipinski definition) is 4. The molecule has 0 saturated heterocycles. The summed E-state index contributed by atoms with van der Waals surface area (Å²) < 4.78 is 0. The molecule has 1 heterocycles. The SMILES string of the molecule is Cc1ncc(C#CCN)cc1[N+](=O)[O-]. The maximum Gasteiger partial charge on any atom is 0.291 e. The third-order valence-electron chi connectivity index (χ3n) is 1.59. The van der Waals surface area contributed by atoms with Gasteiger partial charge in [-0.05, 0) is 6.92 Å². The fourth-order valence-corrected chi connectivity index (χ4v) is 0.928. The number of hydrogen-bond donors (Lipinski definition) is 1. The lowest BCUT2D eigenvalue weighted by Gasteiger charge is -1.95.